The molecule has 0 saturated carbocycles. The summed E-state index contributed by atoms with van der Waals surface area (Å²) in [5.41, 5.74) is 3.00. The summed E-state index contributed by atoms with van der Waals surface area (Å²) in [6.45, 7) is 3.53. The quantitative estimate of drug-likeness (QED) is 0.268. The third-order valence-electron chi connectivity index (χ3n) is 1.42. The van der Waals surface area contributed by atoms with Crippen LogP contribution < -0.4 is 10.1 Å². The van der Waals surface area contributed by atoms with Crippen LogP contribution in [-0.4, -0.2) is 23.0 Å². The zero-order valence-corrected chi connectivity index (χ0v) is 9.41. The lowest BCUT2D eigenvalue weighted by molar-refractivity contribution is 0.247. The fraction of sp³-hybridized carbons (Fsp3) is 0.100. The van der Waals surface area contributed by atoms with Gasteiger partial charge in [-0.25, -0.2) is 10.2 Å². The second kappa shape index (κ2) is 7.47. The van der Waals surface area contributed by atoms with Crippen molar-refractivity contribution in [2.75, 3.05) is 5.75 Å². The Morgan fingerprint density at radius 1 is 1.62 bits per heavy atom. The lowest BCUT2D eigenvalue weighted by atomic mass is 10.4. The number of amides is 2. The van der Waals surface area contributed by atoms with E-state index in [0.717, 1.165) is 0 Å². The van der Waals surface area contributed by atoms with Gasteiger partial charge >= 0.3 is 6.03 Å². The van der Waals surface area contributed by atoms with E-state index in [0.29, 0.717) is 11.4 Å². The molecule has 0 aliphatic rings. The summed E-state index contributed by atoms with van der Waals surface area (Å²) in [4.78, 5) is 15.1. The molecule has 0 aliphatic carbocycles. The number of carbonyl (C=O) groups is 1. The number of nitrogens with zero attached hydrogens (tertiary/aromatic N) is 2. The molecular formula is C10H12N4OS. The topological polar surface area (TPSA) is 66.4 Å². The van der Waals surface area contributed by atoms with E-state index >= 15 is 0 Å². The summed E-state index contributed by atoms with van der Waals surface area (Å²) in [6, 6.07) is 5.06. The highest BCUT2D eigenvalue weighted by Crippen LogP contribution is 1.91. The molecule has 0 fully saturated rings. The number of urea groups is 1. The van der Waals surface area contributed by atoms with Crippen molar-refractivity contribution in [2.45, 2.75) is 0 Å². The Balaban J connectivity index is 2.26. The first kappa shape index (κ1) is 12.3. The van der Waals surface area contributed by atoms with Gasteiger partial charge in [0.25, 0.3) is 0 Å². The van der Waals surface area contributed by atoms with E-state index in [1.54, 1.807) is 18.3 Å². The minimum atomic E-state index is -0.376. The zero-order valence-electron chi connectivity index (χ0n) is 8.59. The maximum absolute atomic E-state index is 11.1. The Morgan fingerprint density at radius 2 is 2.50 bits per heavy atom. The SMILES string of the molecule is C=CCSNC(=O)N/N=C/c1ccccn1. The molecule has 0 unspecified atom stereocenters. The Morgan fingerprint density at radius 3 is 3.19 bits per heavy atom. The van der Waals surface area contributed by atoms with E-state index in [1.807, 2.05) is 12.1 Å². The van der Waals surface area contributed by atoms with Crippen LogP contribution >= 0.6 is 11.9 Å². The fourth-order valence-corrected chi connectivity index (χ4v) is 1.18. The van der Waals surface area contributed by atoms with Gasteiger partial charge < -0.3 is 0 Å². The minimum absolute atomic E-state index is 0.376. The molecule has 1 aromatic heterocycles. The van der Waals surface area contributed by atoms with Crippen LogP contribution in [0.1, 0.15) is 5.69 Å². The van der Waals surface area contributed by atoms with E-state index in [2.05, 4.69) is 26.8 Å². The van der Waals surface area contributed by atoms with Crippen LogP contribution in [0.5, 0.6) is 0 Å². The molecule has 0 aromatic carbocycles. The molecule has 1 rings (SSSR count). The third-order valence-corrected chi connectivity index (χ3v) is 2.15. The van der Waals surface area contributed by atoms with E-state index in [1.165, 1.54) is 18.2 Å². The molecule has 0 saturated heterocycles. The molecule has 0 atom stereocenters. The van der Waals surface area contributed by atoms with Gasteiger partial charge in [0, 0.05) is 11.9 Å². The van der Waals surface area contributed by atoms with Crippen molar-refractivity contribution >= 4 is 24.2 Å². The molecule has 1 aromatic rings. The van der Waals surface area contributed by atoms with Gasteiger partial charge in [-0.2, -0.15) is 5.10 Å². The lowest BCUT2D eigenvalue weighted by Gasteiger charge is -1.99. The van der Waals surface area contributed by atoms with Gasteiger partial charge in [0.05, 0.1) is 11.9 Å². The van der Waals surface area contributed by atoms with Gasteiger partial charge in [-0.15, -0.1) is 6.58 Å². The normalized spacial score (nSPS) is 10.0. The van der Waals surface area contributed by atoms with Gasteiger partial charge in [0.2, 0.25) is 0 Å². The first-order valence-corrected chi connectivity index (χ1v) is 5.54. The summed E-state index contributed by atoms with van der Waals surface area (Å²) in [5.74, 6) is 0.650. The van der Waals surface area contributed by atoms with Crippen LogP contribution in [-0.2, 0) is 0 Å². The maximum atomic E-state index is 11.1. The standard InChI is InChI=1S/C10H12N4OS/c1-2-7-16-14-10(15)13-12-8-9-5-3-4-6-11-9/h2-6,8H,1,7H2,(H2,13,14,15)/b12-8+. The third kappa shape index (κ3) is 5.16. The first-order valence-electron chi connectivity index (χ1n) is 4.55. The Hall–Kier alpha value is -1.82. The summed E-state index contributed by atoms with van der Waals surface area (Å²) in [7, 11) is 0. The van der Waals surface area contributed by atoms with Crippen molar-refractivity contribution in [2.24, 2.45) is 5.10 Å². The predicted molar refractivity (Wildman–Crippen MR) is 66.2 cm³/mol. The number of carbonyl (C=O) groups excluding carboxylic acids is 1. The van der Waals surface area contributed by atoms with Crippen LogP contribution in [0, 0.1) is 0 Å². The summed E-state index contributed by atoms with van der Waals surface area (Å²) < 4.78 is 2.53. The second-order valence-corrected chi connectivity index (χ2v) is 3.48. The number of rotatable bonds is 5. The molecular weight excluding hydrogens is 224 g/mol. The van der Waals surface area contributed by atoms with E-state index in [4.69, 9.17) is 0 Å². The van der Waals surface area contributed by atoms with Gasteiger partial charge in [0.1, 0.15) is 0 Å². The summed E-state index contributed by atoms with van der Waals surface area (Å²) >= 11 is 1.24. The molecule has 5 nitrogen and oxygen atoms in total. The van der Waals surface area contributed by atoms with E-state index < -0.39 is 0 Å². The number of nitrogens with one attached hydrogen (secondary N) is 2. The van der Waals surface area contributed by atoms with E-state index in [-0.39, 0.29) is 6.03 Å². The monoisotopic (exact) mass is 236 g/mol. The average molecular weight is 236 g/mol. The van der Waals surface area contributed by atoms with Crippen molar-refractivity contribution in [3.63, 3.8) is 0 Å². The first-order chi connectivity index (χ1) is 7.83. The summed E-state index contributed by atoms with van der Waals surface area (Å²) in [6.07, 6.45) is 4.82. The van der Waals surface area contributed by atoms with Crippen LogP contribution in [0.3, 0.4) is 0 Å². The molecule has 0 aliphatic heterocycles. The highest BCUT2D eigenvalue weighted by atomic mass is 32.2. The number of hydrogen-bond acceptors (Lipinski definition) is 4. The molecule has 84 valence electrons. The van der Waals surface area contributed by atoms with Gasteiger partial charge in [0.15, 0.2) is 0 Å². The second-order valence-electron chi connectivity index (χ2n) is 2.66. The number of hydrogen-bond donors (Lipinski definition) is 2. The van der Waals surface area contributed by atoms with Crippen molar-refractivity contribution in [3.05, 3.63) is 42.7 Å². The molecule has 0 spiro atoms. The molecule has 2 N–H and O–H groups in total. The van der Waals surface area contributed by atoms with Crippen LogP contribution in [0.25, 0.3) is 0 Å². The maximum Gasteiger partial charge on any atom is 0.345 e. The summed E-state index contributed by atoms with van der Waals surface area (Å²) in [5, 5.41) is 3.73. The Bertz CT molecular complexity index is 366. The molecule has 16 heavy (non-hydrogen) atoms. The number of hydrazone groups is 1. The number of aromatic nitrogens is 1. The highest BCUT2D eigenvalue weighted by Gasteiger charge is 1.95. The van der Waals surface area contributed by atoms with Crippen LogP contribution in [0.2, 0.25) is 0 Å². The van der Waals surface area contributed by atoms with Crippen LogP contribution in [0.15, 0.2) is 42.2 Å². The minimum Gasteiger partial charge on any atom is -0.280 e. The van der Waals surface area contributed by atoms with Crippen molar-refractivity contribution in [3.8, 4) is 0 Å². The Labute approximate surface area is 98.2 Å². The van der Waals surface area contributed by atoms with Crippen LogP contribution in [0.4, 0.5) is 4.79 Å². The lowest BCUT2D eigenvalue weighted by Crippen LogP contribution is -2.27. The van der Waals surface area contributed by atoms with Crippen molar-refractivity contribution < 1.29 is 4.79 Å². The molecule has 0 bridgehead atoms. The largest absolute Gasteiger partial charge is 0.345 e. The Kier molecular flexibility index (Phi) is 5.72. The van der Waals surface area contributed by atoms with Gasteiger partial charge in [-0.05, 0) is 24.1 Å². The van der Waals surface area contributed by atoms with Gasteiger partial charge in [-0.3, -0.25) is 9.71 Å². The number of pyridine rings is 1. The molecule has 2 amide bonds. The molecule has 6 heteroatoms. The van der Waals surface area contributed by atoms with Crippen molar-refractivity contribution in [1.29, 1.82) is 0 Å². The van der Waals surface area contributed by atoms with Crippen molar-refractivity contribution in [1.82, 2.24) is 15.1 Å². The highest BCUT2D eigenvalue weighted by molar-refractivity contribution is 7.98. The zero-order chi connectivity index (χ0) is 11.6. The van der Waals surface area contributed by atoms with Gasteiger partial charge in [-0.1, -0.05) is 12.1 Å². The van der Waals surface area contributed by atoms with E-state index in [9.17, 15) is 4.79 Å². The predicted octanol–water partition coefficient (Wildman–Crippen LogP) is 1.55. The average Bonchev–Trinajstić information content (AvgIpc) is 2.31. The molecule has 1 heterocycles. The smallest absolute Gasteiger partial charge is 0.280 e. The molecule has 0 radical (unpaired) electrons. The fourth-order valence-electron chi connectivity index (χ4n) is 0.798.